The summed E-state index contributed by atoms with van der Waals surface area (Å²) in [7, 11) is 0. The van der Waals surface area contributed by atoms with Crippen LogP contribution in [0.25, 0.3) is 33.6 Å². The van der Waals surface area contributed by atoms with Crippen molar-refractivity contribution in [3.63, 3.8) is 0 Å². The summed E-state index contributed by atoms with van der Waals surface area (Å²) in [4.78, 5) is 6.84. The number of aromatic nitrogens is 1. The van der Waals surface area contributed by atoms with Gasteiger partial charge in [-0.15, -0.1) is 0 Å². The Bertz CT molecular complexity index is 1140. The SMILES string of the molecule is C1=CCN2C=Cc3ccccc3C2=C1.c1ccc2nc3ccccc3cc2c1. The van der Waals surface area contributed by atoms with Crippen molar-refractivity contribution in [2.24, 2.45) is 0 Å². The van der Waals surface area contributed by atoms with Gasteiger partial charge in [-0.2, -0.15) is 0 Å². The summed E-state index contributed by atoms with van der Waals surface area (Å²) in [5, 5.41) is 2.40. The van der Waals surface area contributed by atoms with Gasteiger partial charge in [0.15, 0.2) is 0 Å². The number of allylic oxidation sites excluding steroid dienone is 2. The third-order valence-corrected chi connectivity index (χ3v) is 5.10. The highest BCUT2D eigenvalue weighted by Crippen LogP contribution is 2.30. The lowest BCUT2D eigenvalue weighted by molar-refractivity contribution is 0.587. The number of hydrogen-bond acceptors (Lipinski definition) is 2. The predicted molar refractivity (Wildman–Crippen MR) is 119 cm³/mol. The van der Waals surface area contributed by atoms with Gasteiger partial charge in [0, 0.05) is 34.8 Å². The molecule has 28 heavy (non-hydrogen) atoms. The van der Waals surface area contributed by atoms with Crippen LogP contribution in [-0.2, 0) is 0 Å². The van der Waals surface area contributed by atoms with Crippen LogP contribution < -0.4 is 0 Å². The molecule has 3 heterocycles. The number of rotatable bonds is 0. The van der Waals surface area contributed by atoms with Gasteiger partial charge in [0.2, 0.25) is 0 Å². The van der Waals surface area contributed by atoms with Crippen molar-refractivity contribution in [1.82, 2.24) is 9.88 Å². The zero-order valence-corrected chi connectivity index (χ0v) is 15.5. The summed E-state index contributed by atoms with van der Waals surface area (Å²) in [6, 6.07) is 27.1. The Morgan fingerprint density at radius 3 is 2.21 bits per heavy atom. The lowest BCUT2D eigenvalue weighted by atomic mass is 9.99. The van der Waals surface area contributed by atoms with E-state index in [9.17, 15) is 0 Å². The van der Waals surface area contributed by atoms with Crippen LogP contribution >= 0.6 is 0 Å². The molecule has 0 aliphatic carbocycles. The molecule has 2 nitrogen and oxygen atoms in total. The maximum absolute atomic E-state index is 4.58. The predicted octanol–water partition coefficient (Wildman–Crippen LogP) is 6.27. The molecule has 2 aliphatic rings. The Balaban J connectivity index is 0.000000122. The normalized spacial score (nSPS) is 14.1. The number of benzene rings is 3. The molecule has 0 radical (unpaired) electrons. The number of para-hydroxylation sites is 2. The fourth-order valence-electron chi connectivity index (χ4n) is 3.68. The standard InChI is InChI=1S/C13H9N.C13H11N/c1-3-7-12-10(5-1)9-11-6-2-4-8-13(11)14-12;1-2-6-12-11(5-1)8-10-14-9-4-3-7-13(12)14/h1-9H;1-8,10H,9H2. The van der Waals surface area contributed by atoms with Crippen LogP contribution in [0.3, 0.4) is 0 Å². The summed E-state index contributed by atoms with van der Waals surface area (Å²) < 4.78 is 0. The zero-order chi connectivity index (χ0) is 18.8. The average molecular weight is 360 g/mol. The fraction of sp³-hybridized carbons (Fsp3) is 0.0385. The van der Waals surface area contributed by atoms with Crippen molar-refractivity contribution in [2.75, 3.05) is 6.54 Å². The average Bonchev–Trinajstić information content (AvgIpc) is 2.78. The minimum Gasteiger partial charge on any atom is -0.344 e. The Labute approximate surface area is 164 Å². The number of nitrogens with zero attached hydrogens (tertiary/aromatic N) is 2. The van der Waals surface area contributed by atoms with Gasteiger partial charge in [0.25, 0.3) is 0 Å². The first kappa shape index (κ1) is 16.5. The molecule has 0 saturated heterocycles. The summed E-state index contributed by atoms with van der Waals surface area (Å²) in [6.07, 6.45) is 10.8. The van der Waals surface area contributed by atoms with E-state index >= 15 is 0 Å². The molecule has 0 atom stereocenters. The summed E-state index contributed by atoms with van der Waals surface area (Å²) in [5.41, 5.74) is 6.08. The largest absolute Gasteiger partial charge is 0.344 e. The van der Waals surface area contributed by atoms with Crippen molar-refractivity contribution in [1.29, 1.82) is 0 Å². The molecule has 2 aliphatic heterocycles. The summed E-state index contributed by atoms with van der Waals surface area (Å²) >= 11 is 0. The molecule has 1 aromatic heterocycles. The second kappa shape index (κ2) is 7.16. The summed E-state index contributed by atoms with van der Waals surface area (Å²) in [6.45, 7) is 0.983. The van der Waals surface area contributed by atoms with Crippen molar-refractivity contribution in [2.45, 2.75) is 0 Å². The van der Waals surface area contributed by atoms with Gasteiger partial charge in [0.05, 0.1) is 11.0 Å². The minimum atomic E-state index is 0.983. The molecule has 0 bridgehead atoms. The van der Waals surface area contributed by atoms with Crippen LogP contribution in [-0.4, -0.2) is 16.4 Å². The van der Waals surface area contributed by atoms with E-state index in [1.54, 1.807) is 0 Å². The second-order valence-electron chi connectivity index (χ2n) is 6.91. The van der Waals surface area contributed by atoms with Crippen LogP contribution in [0.1, 0.15) is 11.1 Å². The third-order valence-electron chi connectivity index (χ3n) is 5.10. The van der Waals surface area contributed by atoms with E-state index in [2.05, 4.69) is 82.9 Å². The maximum atomic E-state index is 4.58. The van der Waals surface area contributed by atoms with E-state index < -0.39 is 0 Å². The molecule has 0 fully saturated rings. The highest BCUT2D eigenvalue weighted by Gasteiger charge is 2.16. The van der Waals surface area contributed by atoms with Crippen molar-refractivity contribution in [3.8, 4) is 0 Å². The first-order valence-corrected chi connectivity index (χ1v) is 9.54. The highest BCUT2D eigenvalue weighted by atomic mass is 15.1. The third kappa shape index (κ3) is 3.10. The molecule has 0 saturated carbocycles. The first-order chi connectivity index (χ1) is 13.9. The molecule has 0 N–H and O–H groups in total. The number of fused-ring (bicyclic) bond motifs is 5. The smallest absolute Gasteiger partial charge is 0.0709 e. The minimum absolute atomic E-state index is 0.983. The molecule has 3 aromatic carbocycles. The maximum Gasteiger partial charge on any atom is 0.0709 e. The van der Waals surface area contributed by atoms with Crippen LogP contribution in [0.2, 0.25) is 0 Å². The monoisotopic (exact) mass is 360 g/mol. The highest BCUT2D eigenvalue weighted by molar-refractivity contribution is 5.92. The van der Waals surface area contributed by atoms with Gasteiger partial charge in [-0.05, 0) is 35.9 Å². The van der Waals surface area contributed by atoms with E-state index in [0.717, 1.165) is 17.6 Å². The van der Waals surface area contributed by atoms with Gasteiger partial charge >= 0.3 is 0 Å². The van der Waals surface area contributed by atoms with Crippen molar-refractivity contribution >= 4 is 33.6 Å². The van der Waals surface area contributed by atoms with E-state index in [1.165, 1.54) is 27.6 Å². The topological polar surface area (TPSA) is 16.1 Å². The van der Waals surface area contributed by atoms with E-state index in [4.69, 9.17) is 0 Å². The van der Waals surface area contributed by atoms with Gasteiger partial charge in [-0.3, -0.25) is 0 Å². The Hall–Kier alpha value is -3.65. The van der Waals surface area contributed by atoms with E-state index in [0.29, 0.717) is 0 Å². The van der Waals surface area contributed by atoms with Gasteiger partial charge in [-0.25, -0.2) is 4.98 Å². The number of pyridine rings is 1. The van der Waals surface area contributed by atoms with Gasteiger partial charge in [-0.1, -0.05) is 72.8 Å². The Morgan fingerprint density at radius 2 is 1.43 bits per heavy atom. The Kier molecular flexibility index (Phi) is 4.23. The molecule has 6 rings (SSSR count). The van der Waals surface area contributed by atoms with Gasteiger partial charge < -0.3 is 4.90 Å². The van der Waals surface area contributed by atoms with Gasteiger partial charge in [0.1, 0.15) is 0 Å². The van der Waals surface area contributed by atoms with E-state index in [-0.39, 0.29) is 0 Å². The lowest BCUT2D eigenvalue weighted by Gasteiger charge is -2.29. The molecular weight excluding hydrogens is 340 g/mol. The van der Waals surface area contributed by atoms with Crippen LogP contribution in [0.5, 0.6) is 0 Å². The molecular formula is C26H20N2. The molecule has 134 valence electrons. The second-order valence-corrected chi connectivity index (χ2v) is 6.91. The molecule has 2 heteroatoms. The lowest BCUT2D eigenvalue weighted by Crippen LogP contribution is -2.20. The number of hydrogen-bond donors (Lipinski definition) is 0. The molecule has 0 unspecified atom stereocenters. The van der Waals surface area contributed by atoms with Crippen molar-refractivity contribution in [3.05, 3.63) is 114 Å². The zero-order valence-electron chi connectivity index (χ0n) is 15.5. The van der Waals surface area contributed by atoms with Crippen LogP contribution in [0.4, 0.5) is 0 Å². The fourth-order valence-corrected chi connectivity index (χ4v) is 3.68. The van der Waals surface area contributed by atoms with Crippen LogP contribution in [0, 0.1) is 0 Å². The summed E-state index contributed by atoms with van der Waals surface area (Å²) in [5.74, 6) is 0. The molecule has 0 amide bonds. The quantitative estimate of drug-likeness (QED) is 0.343. The van der Waals surface area contributed by atoms with Crippen LogP contribution in [0.15, 0.2) is 103 Å². The molecule has 0 spiro atoms. The molecule has 4 aromatic rings. The van der Waals surface area contributed by atoms with E-state index in [1.807, 2.05) is 36.4 Å². The Morgan fingerprint density at radius 1 is 0.750 bits per heavy atom. The van der Waals surface area contributed by atoms with Crippen molar-refractivity contribution < 1.29 is 0 Å². The first-order valence-electron chi connectivity index (χ1n) is 9.54.